The molecule has 0 N–H and O–H groups in total. The van der Waals surface area contributed by atoms with Crippen LogP contribution in [-0.4, -0.2) is 23.3 Å². The van der Waals surface area contributed by atoms with Crippen LogP contribution in [0.4, 0.5) is 5.69 Å². The zero-order valence-electron chi connectivity index (χ0n) is 17.1. The van der Waals surface area contributed by atoms with Crippen molar-refractivity contribution < 1.29 is 9.59 Å². The normalized spacial score (nSPS) is 16.5. The maximum absolute atomic E-state index is 13.7. The van der Waals surface area contributed by atoms with Crippen molar-refractivity contribution in [3.05, 3.63) is 113 Å². The van der Waals surface area contributed by atoms with Gasteiger partial charge in [-0.3, -0.25) is 14.5 Å². The lowest BCUT2D eigenvalue weighted by Crippen LogP contribution is -2.55. The number of benzene rings is 3. The van der Waals surface area contributed by atoms with Crippen LogP contribution in [0.5, 0.6) is 0 Å². The molecule has 1 atom stereocenters. The first-order valence-electron chi connectivity index (χ1n) is 10.2. The number of hydrogen-bond donors (Lipinski definition) is 0. The summed E-state index contributed by atoms with van der Waals surface area (Å²) in [6.45, 7) is 4.23. The highest BCUT2D eigenvalue weighted by Gasteiger charge is 2.41. The molecular formula is C26H23ClN2O2. The van der Waals surface area contributed by atoms with Crippen LogP contribution in [-0.2, 0) is 22.6 Å². The van der Waals surface area contributed by atoms with Crippen LogP contribution in [0, 0.1) is 0 Å². The van der Waals surface area contributed by atoms with E-state index in [4.69, 9.17) is 11.6 Å². The number of allylic oxidation sites excluding steroid dienone is 1. The van der Waals surface area contributed by atoms with E-state index in [-0.39, 0.29) is 18.4 Å². The highest BCUT2D eigenvalue weighted by Crippen LogP contribution is 2.36. The van der Waals surface area contributed by atoms with Crippen LogP contribution >= 0.6 is 11.6 Å². The second-order valence-electron chi connectivity index (χ2n) is 7.52. The lowest BCUT2D eigenvalue weighted by Gasteiger charge is -2.41. The van der Waals surface area contributed by atoms with Crippen molar-refractivity contribution in [2.45, 2.75) is 19.0 Å². The van der Waals surface area contributed by atoms with E-state index in [9.17, 15) is 9.59 Å². The van der Waals surface area contributed by atoms with Gasteiger partial charge in [0, 0.05) is 17.3 Å². The molecule has 3 aromatic carbocycles. The Hall–Kier alpha value is -3.37. The van der Waals surface area contributed by atoms with Crippen molar-refractivity contribution in [2.24, 2.45) is 0 Å². The number of halogens is 1. The number of hydrogen-bond acceptors (Lipinski definition) is 2. The van der Waals surface area contributed by atoms with E-state index in [0.29, 0.717) is 23.7 Å². The summed E-state index contributed by atoms with van der Waals surface area (Å²) < 4.78 is 0. The maximum atomic E-state index is 13.7. The highest BCUT2D eigenvalue weighted by molar-refractivity contribution is 6.30. The third kappa shape index (κ3) is 4.39. The topological polar surface area (TPSA) is 40.6 Å². The highest BCUT2D eigenvalue weighted by atomic mass is 35.5. The zero-order chi connectivity index (χ0) is 21.8. The quantitative estimate of drug-likeness (QED) is 0.505. The van der Waals surface area contributed by atoms with Crippen molar-refractivity contribution >= 4 is 29.1 Å². The van der Waals surface area contributed by atoms with Gasteiger partial charge in [-0.25, -0.2) is 0 Å². The summed E-state index contributed by atoms with van der Waals surface area (Å²) in [5, 5.41) is 0.582. The first-order valence-corrected chi connectivity index (χ1v) is 10.6. The lowest BCUT2D eigenvalue weighted by atomic mass is 9.97. The summed E-state index contributed by atoms with van der Waals surface area (Å²) in [5.41, 5.74) is 3.32. The molecule has 0 bridgehead atoms. The Bertz CT molecular complexity index is 1100. The maximum Gasteiger partial charge on any atom is 0.251 e. The van der Waals surface area contributed by atoms with E-state index in [0.717, 1.165) is 16.7 Å². The van der Waals surface area contributed by atoms with Crippen molar-refractivity contribution in [2.75, 3.05) is 11.4 Å². The minimum Gasteiger partial charge on any atom is -0.327 e. The summed E-state index contributed by atoms with van der Waals surface area (Å²) in [6.07, 6.45) is 2.31. The van der Waals surface area contributed by atoms with Gasteiger partial charge >= 0.3 is 0 Å². The predicted octanol–water partition coefficient (Wildman–Crippen LogP) is 5.19. The Morgan fingerprint density at radius 3 is 2.32 bits per heavy atom. The summed E-state index contributed by atoms with van der Waals surface area (Å²) in [4.78, 5) is 30.4. The average Bonchev–Trinajstić information content (AvgIpc) is 2.78. The van der Waals surface area contributed by atoms with E-state index >= 15 is 0 Å². The Kier molecular flexibility index (Phi) is 6.19. The van der Waals surface area contributed by atoms with Gasteiger partial charge in [0.05, 0.1) is 0 Å². The van der Waals surface area contributed by atoms with Gasteiger partial charge in [-0.2, -0.15) is 0 Å². The molecule has 0 spiro atoms. The van der Waals surface area contributed by atoms with Gasteiger partial charge in [0.15, 0.2) is 0 Å². The number of carbonyl (C=O) groups is 2. The Morgan fingerprint density at radius 1 is 0.968 bits per heavy atom. The van der Waals surface area contributed by atoms with E-state index in [2.05, 4.69) is 6.58 Å². The number of rotatable bonds is 6. The SMILES string of the molecule is C=CCc1cc(Cl)ccc1N1C(=O)CN(Cc2ccccc2)C(=O)C1c1ccccc1. The minimum absolute atomic E-state index is 0.0210. The smallest absolute Gasteiger partial charge is 0.251 e. The Balaban J connectivity index is 1.78. The summed E-state index contributed by atoms with van der Waals surface area (Å²) in [7, 11) is 0. The van der Waals surface area contributed by atoms with Gasteiger partial charge in [-0.05, 0) is 41.3 Å². The van der Waals surface area contributed by atoms with Crippen molar-refractivity contribution in [1.82, 2.24) is 4.90 Å². The minimum atomic E-state index is -0.740. The molecule has 0 saturated carbocycles. The van der Waals surface area contributed by atoms with Gasteiger partial charge in [-0.1, -0.05) is 78.3 Å². The molecule has 4 nitrogen and oxygen atoms in total. The van der Waals surface area contributed by atoms with Gasteiger partial charge in [0.2, 0.25) is 5.91 Å². The molecule has 3 aromatic rings. The van der Waals surface area contributed by atoms with Crippen LogP contribution in [0.25, 0.3) is 0 Å². The van der Waals surface area contributed by atoms with Gasteiger partial charge in [0.1, 0.15) is 12.6 Å². The number of anilines is 1. The van der Waals surface area contributed by atoms with Gasteiger partial charge < -0.3 is 4.90 Å². The average molecular weight is 431 g/mol. The first kappa shape index (κ1) is 20.9. The molecule has 1 unspecified atom stereocenters. The fourth-order valence-electron chi connectivity index (χ4n) is 3.99. The van der Waals surface area contributed by atoms with Crippen LogP contribution in [0.3, 0.4) is 0 Å². The third-order valence-corrected chi connectivity index (χ3v) is 5.63. The molecular weight excluding hydrogens is 408 g/mol. The molecule has 1 aliphatic heterocycles. The number of nitrogens with zero attached hydrogens (tertiary/aromatic N) is 2. The fraction of sp³-hybridized carbons (Fsp3) is 0.154. The van der Waals surface area contributed by atoms with Crippen LogP contribution < -0.4 is 4.90 Å². The fourth-order valence-corrected chi connectivity index (χ4v) is 4.19. The van der Waals surface area contributed by atoms with E-state index < -0.39 is 6.04 Å². The van der Waals surface area contributed by atoms with Gasteiger partial charge in [-0.15, -0.1) is 6.58 Å². The van der Waals surface area contributed by atoms with Crippen LogP contribution in [0.1, 0.15) is 22.7 Å². The second kappa shape index (κ2) is 9.19. The zero-order valence-corrected chi connectivity index (χ0v) is 17.8. The molecule has 1 heterocycles. The summed E-state index contributed by atoms with van der Waals surface area (Å²) in [6, 6.07) is 23.8. The first-order chi connectivity index (χ1) is 15.1. The molecule has 0 aliphatic carbocycles. The third-order valence-electron chi connectivity index (χ3n) is 5.40. The predicted molar refractivity (Wildman–Crippen MR) is 124 cm³/mol. The molecule has 0 radical (unpaired) electrons. The van der Waals surface area contributed by atoms with Crippen LogP contribution in [0.15, 0.2) is 91.5 Å². The molecule has 4 rings (SSSR count). The van der Waals surface area contributed by atoms with Gasteiger partial charge in [0.25, 0.3) is 5.91 Å². The molecule has 1 saturated heterocycles. The monoisotopic (exact) mass is 430 g/mol. The van der Waals surface area contributed by atoms with Crippen molar-refractivity contribution in [3.8, 4) is 0 Å². The second-order valence-corrected chi connectivity index (χ2v) is 7.96. The van der Waals surface area contributed by atoms with E-state index in [1.165, 1.54) is 0 Å². The number of carbonyl (C=O) groups excluding carboxylic acids is 2. The molecule has 2 amide bonds. The summed E-state index contributed by atoms with van der Waals surface area (Å²) in [5.74, 6) is -0.230. The number of piperazine rings is 1. The molecule has 31 heavy (non-hydrogen) atoms. The molecule has 0 aromatic heterocycles. The standard InChI is InChI=1S/C26H23ClN2O2/c1-2-9-21-16-22(27)14-15-23(21)29-24(30)18-28(17-19-10-5-3-6-11-19)26(31)25(29)20-12-7-4-8-13-20/h2-8,10-16,25H,1,9,17-18H2. The number of amides is 2. The molecule has 1 aliphatic rings. The van der Waals surface area contributed by atoms with Crippen LogP contribution in [0.2, 0.25) is 5.02 Å². The molecule has 156 valence electrons. The lowest BCUT2D eigenvalue weighted by molar-refractivity contribution is -0.142. The van der Waals surface area contributed by atoms with Crippen molar-refractivity contribution in [1.29, 1.82) is 0 Å². The summed E-state index contributed by atoms with van der Waals surface area (Å²) >= 11 is 6.21. The Morgan fingerprint density at radius 2 is 1.65 bits per heavy atom. The van der Waals surface area contributed by atoms with E-state index in [1.807, 2.05) is 72.8 Å². The largest absolute Gasteiger partial charge is 0.327 e. The molecule has 1 fully saturated rings. The van der Waals surface area contributed by atoms with Crippen molar-refractivity contribution in [3.63, 3.8) is 0 Å². The van der Waals surface area contributed by atoms with E-state index in [1.54, 1.807) is 21.9 Å². The Labute approximate surface area is 187 Å². The molecule has 5 heteroatoms.